The maximum atomic E-state index is 13.4. The molecular formula is C25H25NO7. The van der Waals surface area contributed by atoms with Crippen LogP contribution in [0.2, 0.25) is 0 Å². The Kier molecular flexibility index (Phi) is 5.71. The number of carbonyl (C=O) groups excluding carboxylic acids is 5. The molecule has 8 heteroatoms. The van der Waals surface area contributed by atoms with Gasteiger partial charge < -0.3 is 15.9 Å². The fourth-order valence-corrected chi connectivity index (χ4v) is 5.51. The fourth-order valence-electron chi connectivity index (χ4n) is 5.51. The summed E-state index contributed by atoms with van der Waals surface area (Å²) in [4.78, 5) is 63.7. The van der Waals surface area contributed by atoms with Crippen molar-refractivity contribution in [3.63, 3.8) is 0 Å². The summed E-state index contributed by atoms with van der Waals surface area (Å²) in [6.07, 6.45) is 2.56. The van der Waals surface area contributed by atoms with Gasteiger partial charge in [0, 0.05) is 24.3 Å². The molecule has 172 valence electrons. The van der Waals surface area contributed by atoms with E-state index in [0.29, 0.717) is 17.5 Å². The number of aliphatic hydroxyl groups is 1. The van der Waals surface area contributed by atoms with Crippen LogP contribution in [0.4, 0.5) is 0 Å². The Labute approximate surface area is 190 Å². The number of primary amides is 1. The molecule has 4 rings (SSSR count). The average Bonchev–Trinajstić information content (AvgIpc) is 2.75. The normalized spacial score (nSPS) is 30.6. The Bertz CT molecular complexity index is 1160. The molecule has 0 aliphatic heterocycles. The van der Waals surface area contributed by atoms with E-state index in [9.17, 15) is 34.2 Å². The Hall–Kier alpha value is -3.31. The highest BCUT2D eigenvalue weighted by molar-refractivity contribution is 6.31. The molecule has 0 radical (unpaired) electrons. The lowest BCUT2D eigenvalue weighted by atomic mass is 9.53. The smallest absolute Gasteiger partial charge is 0.235 e. The highest BCUT2D eigenvalue weighted by atomic mass is 16.3. The van der Waals surface area contributed by atoms with Crippen molar-refractivity contribution in [2.24, 2.45) is 29.4 Å². The zero-order valence-electron chi connectivity index (χ0n) is 18.2. The lowest BCUT2D eigenvalue weighted by Crippen LogP contribution is -2.68. The van der Waals surface area contributed by atoms with Gasteiger partial charge in [-0.1, -0.05) is 25.2 Å². The van der Waals surface area contributed by atoms with E-state index in [1.54, 1.807) is 6.07 Å². The molecule has 1 amide bonds. The summed E-state index contributed by atoms with van der Waals surface area (Å²) in [6.45, 7) is 2.05. The van der Waals surface area contributed by atoms with Gasteiger partial charge in [0.25, 0.3) is 0 Å². The van der Waals surface area contributed by atoms with Crippen LogP contribution in [0.15, 0.2) is 12.1 Å². The summed E-state index contributed by atoms with van der Waals surface area (Å²) in [5.41, 5.74) is 3.64. The zero-order chi connectivity index (χ0) is 24.1. The second kappa shape index (κ2) is 8.23. The van der Waals surface area contributed by atoms with Gasteiger partial charge in [0.1, 0.15) is 5.75 Å². The number of fused-ring (bicyclic) bond motifs is 3. The fraction of sp³-hybridized carbons (Fsp3) is 0.480. The zero-order valence-corrected chi connectivity index (χ0v) is 18.2. The van der Waals surface area contributed by atoms with Gasteiger partial charge in [0.2, 0.25) is 5.91 Å². The minimum atomic E-state index is -2.63. The number of nitrogens with two attached hydrogens (primary N) is 1. The first-order chi connectivity index (χ1) is 15.6. The van der Waals surface area contributed by atoms with Gasteiger partial charge in [0.15, 0.2) is 34.7 Å². The number of hydrogen-bond donors (Lipinski definition) is 3. The van der Waals surface area contributed by atoms with Crippen LogP contribution >= 0.6 is 0 Å². The monoisotopic (exact) mass is 451 g/mol. The number of unbranched alkanes of at least 4 members (excludes halogenated alkanes) is 2. The molecule has 2 fully saturated rings. The Balaban J connectivity index is 1.76. The summed E-state index contributed by atoms with van der Waals surface area (Å²) in [7, 11) is 0. The van der Waals surface area contributed by atoms with Crippen molar-refractivity contribution in [2.45, 2.75) is 51.0 Å². The molecule has 3 aliphatic carbocycles. The molecule has 0 heterocycles. The van der Waals surface area contributed by atoms with Crippen molar-refractivity contribution >= 4 is 29.0 Å². The van der Waals surface area contributed by atoms with Gasteiger partial charge in [-0.05, 0) is 42.9 Å². The van der Waals surface area contributed by atoms with E-state index in [1.807, 2.05) is 0 Å². The number of ketones is 4. The number of aromatic hydroxyl groups is 1. The van der Waals surface area contributed by atoms with Crippen molar-refractivity contribution in [3.8, 4) is 17.6 Å². The quantitative estimate of drug-likeness (QED) is 0.350. The van der Waals surface area contributed by atoms with E-state index in [2.05, 4.69) is 18.8 Å². The molecule has 2 unspecified atom stereocenters. The predicted octanol–water partition coefficient (Wildman–Crippen LogP) is 0.869. The first kappa shape index (κ1) is 22.9. The van der Waals surface area contributed by atoms with Crippen molar-refractivity contribution in [1.29, 1.82) is 0 Å². The number of carbonyl (C=O) groups is 5. The molecule has 0 spiro atoms. The number of phenols is 1. The molecule has 3 aliphatic rings. The van der Waals surface area contributed by atoms with E-state index in [1.165, 1.54) is 6.07 Å². The van der Waals surface area contributed by atoms with E-state index in [-0.39, 0.29) is 30.6 Å². The van der Waals surface area contributed by atoms with Gasteiger partial charge in [0.05, 0.1) is 11.5 Å². The molecule has 1 aromatic carbocycles. The van der Waals surface area contributed by atoms with Crippen LogP contribution in [0.5, 0.6) is 5.75 Å². The molecule has 1 aromatic rings. The SMILES string of the molecule is CCCCC#Cc1ccc(O)c2c1C[C@H]1C[C@H]3CC(=O)C(C(N)=O)C(=O)[C@@]3(O)C(=O)C1C2=O. The highest BCUT2D eigenvalue weighted by Crippen LogP contribution is 2.50. The largest absolute Gasteiger partial charge is 0.507 e. The average molecular weight is 451 g/mol. The van der Waals surface area contributed by atoms with Crippen molar-refractivity contribution in [3.05, 3.63) is 28.8 Å². The van der Waals surface area contributed by atoms with Gasteiger partial charge >= 0.3 is 0 Å². The second-order valence-corrected chi connectivity index (χ2v) is 9.13. The van der Waals surface area contributed by atoms with Crippen LogP contribution in [0.3, 0.4) is 0 Å². The number of hydrogen-bond acceptors (Lipinski definition) is 7. The Morgan fingerprint density at radius 3 is 2.58 bits per heavy atom. The Morgan fingerprint density at radius 2 is 1.91 bits per heavy atom. The summed E-state index contributed by atoms with van der Waals surface area (Å²) >= 11 is 0. The number of benzene rings is 1. The lowest BCUT2D eigenvalue weighted by Gasteiger charge is -2.48. The van der Waals surface area contributed by atoms with Crippen molar-refractivity contribution in [1.82, 2.24) is 0 Å². The van der Waals surface area contributed by atoms with Crippen LogP contribution in [0.1, 0.15) is 60.5 Å². The number of phenolic OH excluding ortho intramolecular Hbond substituents is 1. The summed E-state index contributed by atoms with van der Waals surface area (Å²) in [5.74, 6) is -3.97. The molecule has 33 heavy (non-hydrogen) atoms. The summed E-state index contributed by atoms with van der Waals surface area (Å²) < 4.78 is 0. The van der Waals surface area contributed by atoms with Gasteiger partial charge in [-0.2, -0.15) is 0 Å². The first-order valence-corrected chi connectivity index (χ1v) is 11.1. The minimum absolute atomic E-state index is 0.0280. The molecule has 0 aromatic heterocycles. The van der Waals surface area contributed by atoms with E-state index >= 15 is 0 Å². The lowest BCUT2D eigenvalue weighted by molar-refractivity contribution is -0.175. The van der Waals surface area contributed by atoms with Crippen LogP contribution in [-0.2, 0) is 25.6 Å². The maximum Gasteiger partial charge on any atom is 0.235 e. The standard InChI is InChI=1S/C25H25NO7/c1-2-3-4-5-6-12-7-8-16(27)19-15(12)10-13-9-14-11-17(28)20(24(26)32)23(31)25(14,33)22(30)18(13)21(19)29/h7-8,13-14,18,20,27,33H,2-4,9-11H2,1H3,(H2,26,32)/t13-,14+,18?,20?,25+/m1/s1. The second-order valence-electron chi connectivity index (χ2n) is 9.13. The molecular weight excluding hydrogens is 426 g/mol. The van der Waals surface area contributed by atoms with Crippen molar-refractivity contribution in [2.75, 3.05) is 0 Å². The van der Waals surface area contributed by atoms with Gasteiger partial charge in [-0.3, -0.25) is 24.0 Å². The van der Waals surface area contributed by atoms with E-state index < -0.39 is 58.3 Å². The number of amides is 1. The van der Waals surface area contributed by atoms with Gasteiger partial charge in [-0.15, -0.1) is 0 Å². The predicted molar refractivity (Wildman–Crippen MR) is 115 cm³/mol. The van der Waals surface area contributed by atoms with E-state index in [4.69, 9.17) is 5.73 Å². The number of rotatable bonds is 3. The maximum absolute atomic E-state index is 13.4. The van der Waals surface area contributed by atoms with Crippen molar-refractivity contribution < 1.29 is 34.2 Å². The third kappa shape index (κ3) is 3.39. The van der Waals surface area contributed by atoms with Crippen LogP contribution in [0.25, 0.3) is 0 Å². The molecule has 0 saturated heterocycles. The third-order valence-electron chi connectivity index (χ3n) is 7.16. The number of Topliss-reactive ketones (excluding diaryl/α,β-unsaturated/α-hetero) is 4. The summed E-state index contributed by atoms with van der Waals surface area (Å²) in [6, 6.07) is 2.98. The van der Waals surface area contributed by atoms with Crippen LogP contribution in [-0.4, -0.2) is 44.9 Å². The third-order valence-corrected chi connectivity index (χ3v) is 7.16. The Morgan fingerprint density at radius 1 is 1.18 bits per heavy atom. The van der Waals surface area contributed by atoms with E-state index in [0.717, 1.165) is 12.8 Å². The molecule has 2 saturated carbocycles. The minimum Gasteiger partial charge on any atom is -0.507 e. The topological polar surface area (TPSA) is 152 Å². The van der Waals surface area contributed by atoms with Gasteiger partial charge in [-0.25, -0.2) is 0 Å². The van der Waals surface area contributed by atoms with Crippen LogP contribution < -0.4 is 5.73 Å². The molecule has 8 nitrogen and oxygen atoms in total. The first-order valence-electron chi connectivity index (χ1n) is 11.1. The van der Waals surface area contributed by atoms with Crippen LogP contribution in [0, 0.1) is 35.5 Å². The molecule has 5 atom stereocenters. The summed E-state index contributed by atoms with van der Waals surface area (Å²) in [5, 5.41) is 21.6. The highest BCUT2D eigenvalue weighted by Gasteiger charge is 2.66. The molecule has 0 bridgehead atoms. The molecule has 4 N–H and O–H groups in total.